The van der Waals surface area contributed by atoms with Gasteiger partial charge < -0.3 is 19.9 Å². The van der Waals surface area contributed by atoms with Crippen LogP contribution in [-0.4, -0.2) is 61.6 Å². The molecule has 1 aromatic rings. The number of nitrogens with one attached hydrogen (secondary N) is 1. The highest BCUT2D eigenvalue weighted by atomic mass is 16.5. The highest BCUT2D eigenvalue weighted by Crippen LogP contribution is 2.20. The second-order valence-corrected chi connectivity index (χ2v) is 6.05. The summed E-state index contributed by atoms with van der Waals surface area (Å²) in [6, 6.07) is 5.44. The highest BCUT2D eigenvalue weighted by Gasteiger charge is 2.22. The maximum Gasteiger partial charge on any atom is 0.317 e. The van der Waals surface area contributed by atoms with E-state index in [0.29, 0.717) is 38.3 Å². The Morgan fingerprint density at radius 2 is 1.88 bits per heavy atom. The Kier molecular flexibility index (Phi) is 6.46. The van der Waals surface area contributed by atoms with E-state index in [4.69, 9.17) is 4.74 Å². The maximum absolute atomic E-state index is 12.7. The zero-order chi connectivity index (χ0) is 17.5. The van der Waals surface area contributed by atoms with Crippen LogP contribution in [0, 0.1) is 6.92 Å². The van der Waals surface area contributed by atoms with Crippen LogP contribution in [0.3, 0.4) is 0 Å². The molecule has 0 spiro atoms. The van der Waals surface area contributed by atoms with E-state index in [0.717, 1.165) is 24.2 Å². The average molecular weight is 333 g/mol. The van der Waals surface area contributed by atoms with Crippen molar-refractivity contribution in [3.63, 3.8) is 0 Å². The fourth-order valence-electron chi connectivity index (χ4n) is 2.86. The maximum atomic E-state index is 12.7. The van der Waals surface area contributed by atoms with E-state index in [9.17, 15) is 9.59 Å². The van der Waals surface area contributed by atoms with Gasteiger partial charge in [0, 0.05) is 38.3 Å². The molecule has 1 aliphatic heterocycles. The molecule has 1 heterocycles. The minimum Gasteiger partial charge on any atom is -0.496 e. The number of amides is 3. The molecule has 0 atom stereocenters. The summed E-state index contributed by atoms with van der Waals surface area (Å²) in [6.45, 7) is 7.11. The lowest BCUT2D eigenvalue weighted by atomic mass is 10.1. The Morgan fingerprint density at radius 3 is 2.54 bits per heavy atom. The molecule has 1 fully saturated rings. The lowest BCUT2D eigenvalue weighted by Crippen LogP contribution is -2.42. The Balaban J connectivity index is 1.99. The molecule has 0 bridgehead atoms. The van der Waals surface area contributed by atoms with Crippen LogP contribution in [0.25, 0.3) is 0 Å². The minimum absolute atomic E-state index is 0.0107. The molecule has 1 aromatic carbocycles. The molecule has 0 aliphatic carbocycles. The van der Waals surface area contributed by atoms with E-state index in [1.54, 1.807) is 18.1 Å². The molecule has 0 saturated carbocycles. The van der Waals surface area contributed by atoms with Gasteiger partial charge in [-0.15, -0.1) is 0 Å². The third-order valence-electron chi connectivity index (χ3n) is 4.24. The van der Waals surface area contributed by atoms with Crippen molar-refractivity contribution in [2.75, 3.05) is 39.8 Å². The van der Waals surface area contributed by atoms with Crippen molar-refractivity contribution in [2.24, 2.45) is 0 Å². The molecule has 1 N–H and O–H groups in total. The summed E-state index contributed by atoms with van der Waals surface area (Å²) < 4.78 is 5.24. The number of nitrogens with zero attached hydrogens (tertiary/aromatic N) is 2. The smallest absolute Gasteiger partial charge is 0.317 e. The van der Waals surface area contributed by atoms with E-state index in [-0.39, 0.29) is 11.9 Å². The van der Waals surface area contributed by atoms with Crippen molar-refractivity contribution >= 4 is 11.9 Å². The van der Waals surface area contributed by atoms with Crippen LogP contribution < -0.4 is 10.1 Å². The fraction of sp³-hybridized carbons (Fsp3) is 0.556. The molecule has 2 rings (SSSR count). The van der Waals surface area contributed by atoms with Gasteiger partial charge in [-0.3, -0.25) is 4.79 Å². The first-order valence-corrected chi connectivity index (χ1v) is 8.53. The molecule has 1 aliphatic rings. The molecule has 0 aromatic heterocycles. The molecule has 0 unspecified atom stereocenters. The number of aryl methyl sites for hydroxylation is 1. The molecular weight excluding hydrogens is 306 g/mol. The lowest BCUT2D eigenvalue weighted by Gasteiger charge is -2.22. The zero-order valence-corrected chi connectivity index (χ0v) is 14.8. The standard InChI is InChI=1S/C18H27N3O3/c1-4-8-19-18(23)21-10-5-9-20(11-12-21)17(22)15-6-7-16(24-3)14(2)13-15/h6-7,13H,4-5,8-12H2,1-3H3,(H,19,23). The van der Waals surface area contributed by atoms with Gasteiger partial charge in [0.05, 0.1) is 7.11 Å². The molecular formula is C18H27N3O3. The minimum atomic E-state index is -0.0357. The van der Waals surface area contributed by atoms with Crippen molar-refractivity contribution in [2.45, 2.75) is 26.7 Å². The van der Waals surface area contributed by atoms with Crippen LogP contribution in [0.5, 0.6) is 5.75 Å². The summed E-state index contributed by atoms with van der Waals surface area (Å²) >= 11 is 0. The van der Waals surface area contributed by atoms with Gasteiger partial charge in [-0.2, -0.15) is 0 Å². The van der Waals surface area contributed by atoms with Gasteiger partial charge in [0.1, 0.15) is 5.75 Å². The Hall–Kier alpha value is -2.24. The summed E-state index contributed by atoms with van der Waals surface area (Å²) in [6.07, 6.45) is 1.71. The largest absolute Gasteiger partial charge is 0.496 e. The normalized spacial score (nSPS) is 15.0. The van der Waals surface area contributed by atoms with Gasteiger partial charge in [-0.25, -0.2) is 4.79 Å². The zero-order valence-electron chi connectivity index (χ0n) is 14.8. The van der Waals surface area contributed by atoms with Crippen LogP contribution in [0.15, 0.2) is 18.2 Å². The Morgan fingerprint density at radius 1 is 1.17 bits per heavy atom. The predicted octanol–water partition coefficient (Wildman–Crippen LogP) is 2.27. The number of hydrogen-bond donors (Lipinski definition) is 1. The molecule has 6 heteroatoms. The van der Waals surface area contributed by atoms with Gasteiger partial charge in [0.2, 0.25) is 0 Å². The van der Waals surface area contributed by atoms with Crippen LogP contribution >= 0.6 is 0 Å². The monoisotopic (exact) mass is 333 g/mol. The number of carbonyl (C=O) groups excluding carboxylic acids is 2. The fourth-order valence-corrected chi connectivity index (χ4v) is 2.86. The third kappa shape index (κ3) is 4.40. The van der Waals surface area contributed by atoms with E-state index < -0.39 is 0 Å². The first-order valence-electron chi connectivity index (χ1n) is 8.53. The number of carbonyl (C=O) groups is 2. The van der Waals surface area contributed by atoms with Crippen molar-refractivity contribution in [3.8, 4) is 5.75 Å². The van der Waals surface area contributed by atoms with Gasteiger partial charge in [0.25, 0.3) is 5.91 Å². The van der Waals surface area contributed by atoms with Crippen LogP contribution in [0.4, 0.5) is 4.79 Å². The van der Waals surface area contributed by atoms with Crippen LogP contribution in [0.2, 0.25) is 0 Å². The number of hydrogen-bond acceptors (Lipinski definition) is 3. The first kappa shape index (κ1) is 18.1. The number of rotatable bonds is 4. The van der Waals surface area contributed by atoms with E-state index in [1.807, 2.05) is 30.9 Å². The lowest BCUT2D eigenvalue weighted by molar-refractivity contribution is 0.0762. The molecule has 6 nitrogen and oxygen atoms in total. The Bertz CT molecular complexity index is 589. The second kappa shape index (κ2) is 8.57. The average Bonchev–Trinajstić information content (AvgIpc) is 2.85. The molecule has 3 amide bonds. The van der Waals surface area contributed by atoms with E-state index in [1.165, 1.54) is 0 Å². The SMILES string of the molecule is CCCNC(=O)N1CCCN(C(=O)c2ccc(OC)c(C)c2)CC1. The highest BCUT2D eigenvalue weighted by molar-refractivity contribution is 5.94. The Labute approximate surface area is 143 Å². The summed E-state index contributed by atoms with van der Waals surface area (Å²) in [4.78, 5) is 28.4. The van der Waals surface area contributed by atoms with E-state index >= 15 is 0 Å². The summed E-state index contributed by atoms with van der Waals surface area (Å²) in [5.41, 5.74) is 1.61. The predicted molar refractivity (Wildman–Crippen MR) is 93.5 cm³/mol. The van der Waals surface area contributed by atoms with Crippen LogP contribution in [-0.2, 0) is 0 Å². The van der Waals surface area contributed by atoms with Gasteiger partial charge in [0.15, 0.2) is 0 Å². The number of ether oxygens (including phenoxy) is 1. The van der Waals surface area contributed by atoms with Gasteiger partial charge in [-0.1, -0.05) is 6.92 Å². The summed E-state index contributed by atoms with van der Waals surface area (Å²) in [5.74, 6) is 0.790. The number of methoxy groups -OCH3 is 1. The van der Waals surface area contributed by atoms with Gasteiger partial charge in [-0.05, 0) is 43.5 Å². The molecule has 132 valence electrons. The van der Waals surface area contributed by atoms with Crippen LogP contribution in [0.1, 0.15) is 35.7 Å². The molecule has 24 heavy (non-hydrogen) atoms. The first-order chi connectivity index (χ1) is 11.6. The molecule has 0 radical (unpaired) electrons. The van der Waals surface area contributed by atoms with Crippen molar-refractivity contribution in [1.82, 2.24) is 15.1 Å². The summed E-state index contributed by atoms with van der Waals surface area (Å²) in [5, 5.41) is 2.90. The van der Waals surface area contributed by atoms with Crippen molar-refractivity contribution < 1.29 is 14.3 Å². The third-order valence-corrected chi connectivity index (χ3v) is 4.24. The topological polar surface area (TPSA) is 61.9 Å². The second-order valence-electron chi connectivity index (χ2n) is 6.05. The van der Waals surface area contributed by atoms with Crippen molar-refractivity contribution in [3.05, 3.63) is 29.3 Å². The summed E-state index contributed by atoms with van der Waals surface area (Å²) in [7, 11) is 1.62. The van der Waals surface area contributed by atoms with Crippen molar-refractivity contribution in [1.29, 1.82) is 0 Å². The van der Waals surface area contributed by atoms with E-state index in [2.05, 4.69) is 5.32 Å². The quantitative estimate of drug-likeness (QED) is 0.919. The number of urea groups is 1. The number of benzene rings is 1. The molecule has 1 saturated heterocycles. The van der Waals surface area contributed by atoms with Gasteiger partial charge >= 0.3 is 6.03 Å².